The quantitative estimate of drug-likeness (QED) is 0.628. The van der Waals surface area contributed by atoms with Crippen molar-refractivity contribution in [1.29, 1.82) is 0 Å². The number of hydrogen-bond acceptors (Lipinski definition) is 4. The van der Waals surface area contributed by atoms with Gasteiger partial charge in [-0.3, -0.25) is 0 Å². The molecule has 0 aliphatic heterocycles. The lowest BCUT2D eigenvalue weighted by atomic mass is 9.95. The van der Waals surface area contributed by atoms with Gasteiger partial charge in [-0.05, 0) is 71.0 Å². The molecule has 0 spiro atoms. The lowest BCUT2D eigenvalue weighted by Crippen LogP contribution is -2.40. The Morgan fingerprint density at radius 1 is 1.30 bits per heavy atom. The number of carbonyl (C=O) groups is 1. The molecule has 0 aromatic heterocycles. The molecule has 3 N–H and O–H groups in total. The van der Waals surface area contributed by atoms with Crippen LogP contribution >= 0.6 is 0 Å². The number of rotatable bonds is 8. The van der Waals surface area contributed by atoms with Gasteiger partial charge >= 0.3 is 6.09 Å². The molecular formula is C22H39N3O2. The number of allylic oxidation sites excluding steroid dienone is 1. The fraction of sp³-hybridized carbons (Fsp3) is 0.773. The highest BCUT2D eigenvalue weighted by Gasteiger charge is 2.23. The molecule has 5 nitrogen and oxygen atoms in total. The van der Waals surface area contributed by atoms with Gasteiger partial charge in [0.15, 0.2) is 0 Å². The summed E-state index contributed by atoms with van der Waals surface area (Å²) in [4.78, 5) is 14.5. The van der Waals surface area contributed by atoms with Crippen molar-refractivity contribution in [2.24, 2.45) is 11.7 Å². The van der Waals surface area contributed by atoms with Crippen LogP contribution in [0.5, 0.6) is 0 Å². The van der Waals surface area contributed by atoms with Crippen LogP contribution in [0.3, 0.4) is 0 Å². The van der Waals surface area contributed by atoms with Gasteiger partial charge in [-0.25, -0.2) is 4.79 Å². The Morgan fingerprint density at radius 3 is 2.63 bits per heavy atom. The van der Waals surface area contributed by atoms with Crippen LogP contribution in [0.4, 0.5) is 4.79 Å². The maximum atomic E-state index is 12.7. The molecule has 1 unspecified atom stereocenters. The summed E-state index contributed by atoms with van der Waals surface area (Å²) in [7, 11) is 0. The predicted octanol–water partition coefficient (Wildman–Crippen LogP) is 4.00. The number of amides is 1. The highest BCUT2D eigenvalue weighted by Crippen LogP contribution is 2.19. The van der Waals surface area contributed by atoms with E-state index in [9.17, 15) is 4.79 Å². The Balaban J connectivity index is 1.84. The second-order valence-electron chi connectivity index (χ2n) is 8.91. The monoisotopic (exact) mass is 377 g/mol. The van der Waals surface area contributed by atoms with Gasteiger partial charge in [0.1, 0.15) is 5.60 Å². The van der Waals surface area contributed by atoms with E-state index >= 15 is 0 Å². The predicted molar refractivity (Wildman–Crippen MR) is 112 cm³/mol. The number of nitrogens with one attached hydrogen (secondary N) is 1. The van der Waals surface area contributed by atoms with Crippen molar-refractivity contribution in [3.05, 3.63) is 23.8 Å². The normalized spacial score (nSPS) is 21.0. The summed E-state index contributed by atoms with van der Waals surface area (Å²) in [5.74, 6) is 0.420. The molecule has 0 heterocycles. The van der Waals surface area contributed by atoms with Crippen LogP contribution in [0.2, 0.25) is 0 Å². The minimum absolute atomic E-state index is 0.226. The molecule has 2 aliphatic rings. The van der Waals surface area contributed by atoms with Crippen molar-refractivity contribution >= 4 is 6.09 Å². The maximum Gasteiger partial charge on any atom is 0.410 e. The van der Waals surface area contributed by atoms with Crippen LogP contribution in [-0.4, -0.2) is 48.8 Å². The average Bonchev–Trinajstić information content (AvgIpc) is 2.64. The third-order valence-electron chi connectivity index (χ3n) is 5.24. The molecule has 2 rings (SSSR count). The summed E-state index contributed by atoms with van der Waals surface area (Å²) in [6.07, 6.45) is 14.8. The standard InChI is InChI=1S/C22H39N3O2/c1-22(2,3)27-21(26)25(17-19-12-10-18(16-23)11-13-19)15-7-14-24-20-8-5-4-6-9-20/h10,12-13,18,20,24H,4-9,11,14-17,23H2,1-3H3. The molecule has 0 saturated heterocycles. The Kier molecular flexibility index (Phi) is 8.84. The molecular weight excluding hydrogens is 338 g/mol. The maximum absolute atomic E-state index is 12.7. The number of ether oxygens (including phenoxy) is 1. The molecule has 1 saturated carbocycles. The number of hydrogen-bond donors (Lipinski definition) is 2. The van der Waals surface area contributed by atoms with Gasteiger partial charge in [0.2, 0.25) is 0 Å². The highest BCUT2D eigenvalue weighted by molar-refractivity contribution is 5.68. The minimum atomic E-state index is -0.475. The second kappa shape index (κ2) is 10.9. The van der Waals surface area contributed by atoms with Gasteiger partial charge in [0.25, 0.3) is 0 Å². The number of nitrogens with two attached hydrogens (primary N) is 1. The third kappa shape index (κ3) is 8.48. The molecule has 1 fully saturated rings. The molecule has 27 heavy (non-hydrogen) atoms. The molecule has 2 aliphatic carbocycles. The van der Waals surface area contributed by atoms with Crippen molar-refractivity contribution in [2.45, 2.75) is 77.4 Å². The first kappa shape index (κ1) is 22.0. The molecule has 0 radical (unpaired) electrons. The lowest BCUT2D eigenvalue weighted by Gasteiger charge is -2.29. The zero-order chi connectivity index (χ0) is 19.7. The smallest absolute Gasteiger partial charge is 0.410 e. The molecule has 154 valence electrons. The first-order valence-corrected chi connectivity index (χ1v) is 10.7. The number of nitrogens with zero attached hydrogens (tertiary/aromatic N) is 1. The van der Waals surface area contributed by atoms with Crippen molar-refractivity contribution in [3.63, 3.8) is 0 Å². The van der Waals surface area contributed by atoms with Crippen LogP contribution in [0, 0.1) is 5.92 Å². The summed E-state index contributed by atoms with van der Waals surface area (Å²) >= 11 is 0. The van der Waals surface area contributed by atoms with Gasteiger partial charge in [-0.15, -0.1) is 0 Å². The fourth-order valence-corrected chi connectivity index (χ4v) is 3.67. The summed E-state index contributed by atoms with van der Waals surface area (Å²) in [6.45, 7) is 8.68. The molecule has 0 bridgehead atoms. The summed E-state index contributed by atoms with van der Waals surface area (Å²) < 4.78 is 5.63. The van der Waals surface area contributed by atoms with Crippen LogP contribution in [0.15, 0.2) is 23.8 Å². The van der Waals surface area contributed by atoms with Crippen LogP contribution < -0.4 is 11.1 Å². The zero-order valence-electron chi connectivity index (χ0n) is 17.5. The van der Waals surface area contributed by atoms with E-state index in [1.165, 1.54) is 37.7 Å². The van der Waals surface area contributed by atoms with Gasteiger partial charge in [0.05, 0.1) is 0 Å². The van der Waals surface area contributed by atoms with E-state index in [1.54, 1.807) is 0 Å². The first-order valence-electron chi connectivity index (χ1n) is 10.7. The van der Waals surface area contributed by atoms with Gasteiger partial charge in [0, 0.05) is 19.1 Å². The summed E-state index contributed by atoms with van der Waals surface area (Å²) in [5, 5.41) is 3.66. The first-order chi connectivity index (χ1) is 12.9. The van der Waals surface area contributed by atoms with E-state index in [0.717, 1.165) is 19.4 Å². The van der Waals surface area contributed by atoms with Crippen molar-refractivity contribution in [1.82, 2.24) is 10.2 Å². The van der Waals surface area contributed by atoms with E-state index in [-0.39, 0.29) is 6.09 Å². The van der Waals surface area contributed by atoms with E-state index in [2.05, 4.69) is 23.5 Å². The molecule has 0 aromatic rings. The van der Waals surface area contributed by atoms with Gasteiger partial charge < -0.3 is 20.7 Å². The average molecular weight is 378 g/mol. The number of carbonyl (C=O) groups excluding carboxylic acids is 1. The topological polar surface area (TPSA) is 67.6 Å². The Bertz CT molecular complexity index is 516. The van der Waals surface area contributed by atoms with E-state index in [0.29, 0.717) is 31.6 Å². The van der Waals surface area contributed by atoms with Gasteiger partial charge in [-0.1, -0.05) is 37.5 Å². The molecule has 1 atom stereocenters. The van der Waals surface area contributed by atoms with Crippen LogP contribution in [-0.2, 0) is 4.74 Å². The zero-order valence-corrected chi connectivity index (χ0v) is 17.5. The highest BCUT2D eigenvalue weighted by atomic mass is 16.6. The summed E-state index contributed by atoms with van der Waals surface area (Å²) in [6, 6.07) is 0.658. The van der Waals surface area contributed by atoms with Crippen LogP contribution in [0.25, 0.3) is 0 Å². The Morgan fingerprint density at radius 2 is 2.04 bits per heavy atom. The van der Waals surface area contributed by atoms with E-state index in [1.807, 2.05) is 25.7 Å². The van der Waals surface area contributed by atoms with E-state index in [4.69, 9.17) is 10.5 Å². The SMILES string of the molecule is CC(C)(C)OC(=O)N(CCCNC1CCCCC1)CC1=CCC(CN)C=C1. The fourth-order valence-electron chi connectivity index (χ4n) is 3.67. The molecule has 5 heteroatoms. The minimum Gasteiger partial charge on any atom is -0.444 e. The third-order valence-corrected chi connectivity index (χ3v) is 5.24. The summed E-state index contributed by atoms with van der Waals surface area (Å²) in [5.41, 5.74) is 6.43. The van der Waals surface area contributed by atoms with Crippen LogP contribution in [0.1, 0.15) is 65.7 Å². The van der Waals surface area contributed by atoms with Crippen molar-refractivity contribution in [2.75, 3.05) is 26.2 Å². The van der Waals surface area contributed by atoms with E-state index < -0.39 is 5.60 Å². The molecule has 0 aromatic carbocycles. The van der Waals surface area contributed by atoms with Crippen molar-refractivity contribution < 1.29 is 9.53 Å². The Labute approximate surface area is 165 Å². The Hall–Kier alpha value is -1.33. The molecule has 1 amide bonds. The van der Waals surface area contributed by atoms with Crippen molar-refractivity contribution in [3.8, 4) is 0 Å². The lowest BCUT2D eigenvalue weighted by molar-refractivity contribution is 0.0266. The second-order valence-corrected chi connectivity index (χ2v) is 8.91. The van der Waals surface area contributed by atoms with Gasteiger partial charge in [-0.2, -0.15) is 0 Å². The largest absolute Gasteiger partial charge is 0.444 e.